The molecule has 0 aliphatic rings. The van der Waals surface area contributed by atoms with Crippen molar-refractivity contribution >= 4 is 57.5 Å². The topological polar surface area (TPSA) is 80.9 Å². The van der Waals surface area contributed by atoms with Crippen molar-refractivity contribution in [2.24, 2.45) is 0 Å². The van der Waals surface area contributed by atoms with E-state index in [-0.39, 0.29) is 10.9 Å². The van der Waals surface area contributed by atoms with E-state index in [0.717, 1.165) is 43.6 Å². The lowest BCUT2D eigenvalue weighted by atomic mass is 9.64. The molecule has 36 heavy (non-hydrogen) atoms. The molecule has 172 valence electrons. The molecule has 0 atom stereocenters. The van der Waals surface area contributed by atoms with Gasteiger partial charge in [0, 0.05) is 0 Å². The predicted octanol–water partition coefficient (Wildman–Crippen LogP) is 3.84. The van der Waals surface area contributed by atoms with Gasteiger partial charge in [0.25, 0.3) is 0 Å². The predicted molar refractivity (Wildman–Crippen MR) is 149 cm³/mol. The van der Waals surface area contributed by atoms with Crippen molar-refractivity contribution in [3.8, 4) is 22.3 Å². The molecule has 0 saturated heterocycles. The lowest BCUT2D eigenvalue weighted by Gasteiger charge is -2.18. The summed E-state index contributed by atoms with van der Waals surface area (Å²) in [4.78, 5) is 0. The molecule has 4 nitrogen and oxygen atoms in total. The number of rotatable bonds is 4. The molecule has 6 aromatic rings. The Bertz CT molecular complexity index is 1690. The first-order valence-corrected chi connectivity index (χ1v) is 11.8. The van der Waals surface area contributed by atoms with Crippen LogP contribution in [0.2, 0.25) is 0 Å². The number of hydrogen-bond acceptors (Lipinski definition) is 4. The van der Waals surface area contributed by atoms with Crippen molar-refractivity contribution in [1.82, 2.24) is 0 Å². The summed E-state index contributed by atoms with van der Waals surface area (Å²) in [5.41, 5.74) is 4.62. The van der Waals surface area contributed by atoms with Crippen LogP contribution in [0.1, 0.15) is 0 Å². The largest absolute Gasteiger partial charge is 0.488 e. The van der Waals surface area contributed by atoms with Gasteiger partial charge < -0.3 is 20.1 Å². The van der Waals surface area contributed by atoms with E-state index in [9.17, 15) is 20.1 Å². The first-order valence-electron chi connectivity index (χ1n) is 11.8. The van der Waals surface area contributed by atoms with E-state index in [1.165, 1.54) is 11.6 Å². The van der Waals surface area contributed by atoms with Crippen molar-refractivity contribution in [2.45, 2.75) is 0 Å². The maximum absolute atomic E-state index is 9.99. The fraction of sp³-hybridized carbons (Fsp3) is 0. The summed E-state index contributed by atoms with van der Waals surface area (Å²) < 4.78 is 0. The van der Waals surface area contributed by atoms with Crippen molar-refractivity contribution in [1.29, 1.82) is 0 Å². The highest BCUT2D eigenvalue weighted by atomic mass is 16.4. The van der Waals surface area contributed by atoms with Gasteiger partial charge in [-0.3, -0.25) is 0 Å². The third kappa shape index (κ3) is 3.60. The summed E-state index contributed by atoms with van der Waals surface area (Å²) >= 11 is 0. The highest BCUT2D eigenvalue weighted by Crippen LogP contribution is 2.43. The number of benzene rings is 6. The first-order chi connectivity index (χ1) is 17.5. The highest BCUT2D eigenvalue weighted by molar-refractivity contribution is 6.73. The molecule has 0 spiro atoms. The van der Waals surface area contributed by atoms with Crippen LogP contribution in [-0.4, -0.2) is 34.3 Å². The van der Waals surface area contributed by atoms with Gasteiger partial charge in [-0.25, -0.2) is 0 Å². The Balaban J connectivity index is 1.69. The van der Waals surface area contributed by atoms with Gasteiger partial charge in [-0.2, -0.15) is 0 Å². The second-order valence-electron chi connectivity index (χ2n) is 8.96. The molecule has 0 heterocycles. The highest BCUT2D eigenvalue weighted by Gasteiger charge is 2.26. The van der Waals surface area contributed by atoms with Crippen molar-refractivity contribution in [2.75, 3.05) is 0 Å². The maximum atomic E-state index is 9.99. The third-order valence-electron chi connectivity index (χ3n) is 6.91. The molecule has 6 aromatic carbocycles. The van der Waals surface area contributed by atoms with Crippen LogP contribution in [0.5, 0.6) is 0 Å². The smallest absolute Gasteiger partial charge is 0.423 e. The van der Waals surface area contributed by atoms with Gasteiger partial charge in [0.2, 0.25) is 0 Å². The first kappa shape index (κ1) is 22.5. The van der Waals surface area contributed by atoms with Crippen molar-refractivity contribution < 1.29 is 20.1 Å². The van der Waals surface area contributed by atoms with E-state index in [1.807, 2.05) is 36.4 Å². The summed E-state index contributed by atoms with van der Waals surface area (Å²) in [6.07, 6.45) is 0. The van der Waals surface area contributed by atoms with Gasteiger partial charge in [0.05, 0.1) is 0 Å². The Hall–Kier alpha value is -3.93. The molecular weight excluding hydrogens is 446 g/mol. The summed E-state index contributed by atoms with van der Waals surface area (Å²) in [5.74, 6) is 0. The van der Waals surface area contributed by atoms with Crippen LogP contribution in [-0.2, 0) is 0 Å². The summed E-state index contributed by atoms with van der Waals surface area (Å²) in [6, 6.07) is 36.3. The average molecular weight is 468 g/mol. The van der Waals surface area contributed by atoms with E-state index in [1.54, 1.807) is 6.07 Å². The Labute approximate surface area is 209 Å². The molecule has 0 fully saturated rings. The second-order valence-corrected chi connectivity index (χ2v) is 8.96. The zero-order valence-corrected chi connectivity index (χ0v) is 19.3. The van der Waals surface area contributed by atoms with Crippen LogP contribution in [0, 0.1) is 0 Å². The molecule has 0 bridgehead atoms. The molecule has 0 aromatic heterocycles. The fourth-order valence-electron chi connectivity index (χ4n) is 5.39. The van der Waals surface area contributed by atoms with Crippen molar-refractivity contribution in [3.05, 3.63) is 109 Å². The minimum absolute atomic E-state index is 0.0772. The SMILES string of the molecule is OB(O)c1ccc2cc(-c3c4ccccc4c(-c4ccccc4)c4ccccc34)ccc2c1B(O)O. The molecule has 0 saturated carbocycles. The van der Waals surface area contributed by atoms with Gasteiger partial charge in [0.15, 0.2) is 0 Å². The van der Waals surface area contributed by atoms with E-state index in [4.69, 9.17) is 0 Å². The molecular formula is C30H22B2O4. The van der Waals surface area contributed by atoms with Gasteiger partial charge >= 0.3 is 14.2 Å². The molecule has 6 heteroatoms. The monoisotopic (exact) mass is 468 g/mol. The molecule has 0 unspecified atom stereocenters. The van der Waals surface area contributed by atoms with Crippen LogP contribution >= 0.6 is 0 Å². The van der Waals surface area contributed by atoms with Crippen LogP contribution in [0.25, 0.3) is 54.6 Å². The molecule has 6 rings (SSSR count). The zero-order valence-electron chi connectivity index (χ0n) is 19.3. The van der Waals surface area contributed by atoms with E-state index < -0.39 is 14.2 Å². The van der Waals surface area contributed by atoms with E-state index in [2.05, 4.69) is 60.7 Å². The Kier molecular flexibility index (Phi) is 5.59. The lowest BCUT2D eigenvalue weighted by molar-refractivity contribution is 0.419. The van der Waals surface area contributed by atoms with Crippen molar-refractivity contribution in [3.63, 3.8) is 0 Å². The Morgan fingerprint density at radius 3 is 1.47 bits per heavy atom. The minimum Gasteiger partial charge on any atom is -0.423 e. The normalized spacial score (nSPS) is 11.3. The summed E-state index contributed by atoms with van der Waals surface area (Å²) in [5, 5.41) is 45.4. The second kappa shape index (κ2) is 8.94. The molecule has 0 aliphatic carbocycles. The fourth-order valence-corrected chi connectivity index (χ4v) is 5.39. The summed E-state index contributed by atoms with van der Waals surface area (Å²) in [7, 11) is -3.63. The van der Waals surface area contributed by atoms with E-state index in [0.29, 0.717) is 5.39 Å². The van der Waals surface area contributed by atoms with Gasteiger partial charge in [-0.1, -0.05) is 103 Å². The molecule has 0 aliphatic heterocycles. The molecule has 0 amide bonds. The van der Waals surface area contributed by atoms with Crippen LogP contribution < -0.4 is 10.9 Å². The Morgan fingerprint density at radius 2 is 0.944 bits per heavy atom. The lowest BCUT2D eigenvalue weighted by Crippen LogP contribution is -2.49. The van der Waals surface area contributed by atoms with E-state index >= 15 is 0 Å². The number of fused-ring (bicyclic) bond motifs is 3. The minimum atomic E-state index is -1.83. The zero-order chi connectivity index (χ0) is 24.8. The van der Waals surface area contributed by atoms with Gasteiger partial charge in [0.1, 0.15) is 0 Å². The standard InChI is InChI=1S/C30H22B2O4/c33-31(34)27-17-15-20-18-21(14-16-22(20)30(27)32(35)36)29-25-12-6-4-10-23(25)28(19-8-2-1-3-9-19)24-11-5-7-13-26(24)29/h1-18,33-36H. The van der Waals surface area contributed by atoms with Crippen LogP contribution in [0.4, 0.5) is 0 Å². The Morgan fingerprint density at radius 1 is 0.417 bits per heavy atom. The van der Waals surface area contributed by atoms with Crippen LogP contribution in [0.3, 0.4) is 0 Å². The van der Waals surface area contributed by atoms with Gasteiger partial charge in [-0.05, 0) is 71.6 Å². The van der Waals surface area contributed by atoms with Gasteiger partial charge in [-0.15, -0.1) is 0 Å². The molecule has 0 radical (unpaired) electrons. The van der Waals surface area contributed by atoms with Crippen LogP contribution in [0.15, 0.2) is 109 Å². The maximum Gasteiger partial charge on any atom is 0.488 e. The average Bonchev–Trinajstić information content (AvgIpc) is 2.91. The summed E-state index contributed by atoms with van der Waals surface area (Å²) in [6.45, 7) is 0. The molecule has 4 N–H and O–H groups in total. The third-order valence-corrected chi connectivity index (χ3v) is 6.91. The number of hydrogen-bond donors (Lipinski definition) is 4. The quantitative estimate of drug-likeness (QED) is 0.234.